The van der Waals surface area contributed by atoms with Crippen LogP contribution in [0.5, 0.6) is 0 Å². The summed E-state index contributed by atoms with van der Waals surface area (Å²) in [7, 11) is -3.32. The van der Waals surface area contributed by atoms with Gasteiger partial charge in [0.2, 0.25) is 0 Å². The molecule has 3 heterocycles. The molecule has 26 heavy (non-hydrogen) atoms. The molecule has 4 rings (SSSR count). The molecule has 2 aliphatic heterocycles. The molecule has 6 nitrogen and oxygen atoms in total. The highest BCUT2D eigenvalue weighted by molar-refractivity contribution is 7.86. The van der Waals surface area contributed by atoms with Gasteiger partial charge in [0.05, 0.1) is 11.0 Å². The van der Waals surface area contributed by atoms with Crippen LogP contribution >= 0.6 is 0 Å². The number of piperidine rings is 2. The molecule has 1 N–H and O–H groups in total. The minimum absolute atomic E-state index is 0.300. The van der Waals surface area contributed by atoms with Gasteiger partial charge in [0.15, 0.2) is 0 Å². The summed E-state index contributed by atoms with van der Waals surface area (Å²) < 4.78 is 29.2. The zero-order chi connectivity index (χ0) is 18.3. The van der Waals surface area contributed by atoms with E-state index in [9.17, 15) is 8.42 Å². The first-order chi connectivity index (χ1) is 12.4. The lowest BCUT2D eigenvalue weighted by molar-refractivity contribution is 0.241. The molecule has 7 heteroatoms. The van der Waals surface area contributed by atoms with E-state index in [2.05, 4.69) is 31.0 Å². The number of aryl methyl sites for hydroxylation is 1. The highest BCUT2D eigenvalue weighted by Gasteiger charge is 2.35. The van der Waals surface area contributed by atoms with Gasteiger partial charge < -0.3 is 4.98 Å². The number of hydrogen-bond donors (Lipinski definition) is 1. The highest BCUT2D eigenvalue weighted by atomic mass is 32.2. The standard InChI is InChI=1S/C19H28N4O2S/c1-14-5-6-17-18(12-14)21-19(20-17)16-7-10-22(11-8-16)26(24,25)23-9-3-4-15(2)13-23/h5-6,12,15-16H,3-4,7-11,13H2,1-2H3,(H,20,21). The fraction of sp³-hybridized carbons (Fsp3) is 0.632. The van der Waals surface area contributed by atoms with Gasteiger partial charge in [0.25, 0.3) is 10.2 Å². The Morgan fingerprint density at radius 1 is 1.12 bits per heavy atom. The molecule has 0 aliphatic carbocycles. The fourth-order valence-electron chi connectivity index (χ4n) is 4.22. The van der Waals surface area contributed by atoms with Crippen molar-refractivity contribution < 1.29 is 8.42 Å². The third-order valence-electron chi connectivity index (χ3n) is 5.77. The van der Waals surface area contributed by atoms with E-state index < -0.39 is 10.2 Å². The van der Waals surface area contributed by atoms with Crippen LogP contribution in [0.4, 0.5) is 0 Å². The Labute approximate surface area is 155 Å². The Hall–Kier alpha value is -1.44. The lowest BCUT2D eigenvalue weighted by Gasteiger charge is -2.37. The minimum Gasteiger partial charge on any atom is -0.342 e. The van der Waals surface area contributed by atoms with Gasteiger partial charge >= 0.3 is 0 Å². The third-order valence-corrected chi connectivity index (χ3v) is 7.77. The number of nitrogens with zero attached hydrogens (tertiary/aromatic N) is 3. The monoisotopic (exact) mass is 376 g/mol. The molecular formula is C19H28N4O2S. The van der Waals surface area contributed by atoms with Crippen molar-refractivity contribution in [1.29, 1.82) is 0 Å². The largest absolute Gasteiger partial charge is 0.342 e. The zero-order valence-corrected chi connectivity index (χ0v) is 16.4. The summed E-state index contributed by atoms with van der Waals surface area (Å²) >= 11 is 0. The normalized spacial score (nSPS) is 24.3. The highest BCUT2D eigenvalue weighted by Crippen LogP contribution is 2.30. The van der Waals surface area contributed by atoms with Gasteiger partial charge in [-0.05, 0) is 56.2 Å². The smallest absolute Gasteiger partial charge is 0.281 e. The first kappa shape index (κ1) is 17.9. The molecule has 0 amide bonds. The molecular weight excluding hydrogens is 348 g/mol. The first-order valence-corrected chi connectivity index (χ1v) is 11.0. The maximum atomic E-state index is 12.9. The van der Waals surface area contributed by atoms with Gasteiger partial charge in [0, 0.05) is 32.1 Å². The maximum absolute atomic E-state index is 12.9. The van der Waals surface area contributed by atoms with Crippen LogP contribution < -0.4 is 0 Å². The molecule has 142 valence electrons. The Morgan fingerprint density at radius 2 is 1.88 bits per heavy atom. The van der Waals surface area contributed by atoms with Crippen LogP contribution in [0.15, 0.2) is 18.2 Å². The van der Waals surface area contributed by atoms with E-state index in [0.29, 0.717) is 38.0 Å². The fourth-order valence-corrected chi connectivity index (χ4v) is 6.02. The van der Waals surface area contributed by atoms with Gasteiger partial charge in [-0.15, -0.1) is 0 Å². The second kappa shape index (κ2) is 6.94. The number of imidazole rings is 1. The van der Waals surface area contributed by atoms with E-state index in [4.69, 9.17) is 4.98 Å². The number of aromatic nitrogens is 2. The minimum atomic E-state index is -3.32. The van der Waals surface area contributed by atoms with Crippen molar-refractivity contribution in [2.45, 2.75) is 45.4 Å². The Morgan fingerprint density at radius 3 is 2.62 bits per heavy atom. The lowest BCUT2D eigenvalue weighted by Crippen LogP contribution is -2.49. The van der Waals surface area contributed by atoms with Crippen LogP contribution in [0.25, 0.3) is 11.0 Å². The Bertz CT molecular complexity index is 884. The summed E-state index contributed by atoms with van der Waals surface area (Å²) in [5.74, 6) is 1.75. The van der Waals surface area contributed by atoms with Gasteiger partial charge in [-0.3, -0.25) is 0 Å². The Balaban J connectivity index is 1.44. The molecule has 2 fully saturated rings. The number of nitrogens with one attached hydrogen (secondary N) is 1. The molecule has 0 spiro atoms. The first-order valence-electron chi connectivity index (χ1n) is 9.65. The number of benzene rings is 1. The van der Waals surface area contributed by atoms with Crippen LogP contribution in [0.1, 0.15) is 49.9 Å². The number of fused-ring (bicyclic) bond motifs is 1. The number of aromatic amines is 1. The molecule has 0 bridgehead atoms. The summed E-state index contributed by atoms with van der Waals surface area (Å²) in [5, 5.41) is 0. The number of hydrogen-bond acceptors (Lipinski definition) is 3. The van der Waals surface area contributed by atoms with Crippen molar-refractivity contribution in [2.75, 3.05) is 26.2 Å². The van der Waals surface area contributed by atoms with Gasteiger partial charge in [-0.1, -0.05) is 13.0 Å². The van der Waals surface area contributed by atoms with Crippen molar-refractivity contribution in [3.8, 4) is 0 Å². The van der Waals surface area contributed by atoms with E-state index in [1.807, 2.05) is 6.07 Å². The van der Waals surface area contributed by atoms with Crippen LogP contribution in [0.3, 0.4) is 0 Å². The predicted molar refractivity (Wildman–Crippen MR) is 103 cm³/mol. The molecule has 2 saturated heterocycles. The second-order valence-corrected chi connectivity index (χ2v) is 9.86. The summed E-state index contributed by atoms with van der Waals surface area (Å²) in [5.41, 5.74) is 3.27. The number of H-pyrrole nitrogens is 1. The lowest BCUT2D eigenvalue weighted by atomic mass is 9.97. The van der Waals surface area contributed by atoms with Crippen molar-refractivity contribution in [1.82, 2.24) is 18.6 Å². The average molecular weight is 377 g/mol. The SMILES string of the molecule is Cc1ccc2nc(C3CCN(S(=O)(=O)N4CCCC(C)C4)CC3)[nH]c2c1. The summed E-state index contributed by atoms with van der Waals surface area (Å²) in [6.07, 6.45) is 3.73. The van der Waals surface area contributed by atoms with Crippen LogP contribution in [-0.2, 0) is 10.2 Å². The van der Waals surface area contributed by atoms with Crippen LogP contribution in [0, 0.1) is 12.8 Å². The second-order valence-electron chi connectivity index (χ2n) is 7.93. The van der Waals surface area contributed by atoms with Crippen molar-refractivity contribution in [3.63, 3.8) is 0 Å². The third kappa shape index (κ3) is 3.40. The predicted octanol–water partition coefficient (Wildman–Crippen LogP) is 3.03. The molecule has 2 aromatic rings. The van der Waals surface area contributed by atoms with Crippen molar-refractivity contribution in [2.24, 2.45) is 5.92 Å². The van der Waals surface area contributed by atoms with E-state index >= 15 is 0 Å². The zero-order valence-electron chi connectivity index (χ0n) is 15.6. The van der Waals surface area contributed by atoms with E-state index in [0.717, 1.165) is 42.5 Å². The average Bonchev–Trinajstić information content (AvgIpc) is 3.05. The van der Waals surface area contributed by atoms with Gasteiger partial charge in [-0.25, -0.2) is 4.98 Å². The van der Waals surface area contributed by atoms with Crippen molar-refractivity contribution >= 4 is 21.2 Å². The maximum Gasteiger partial charge on any atom is 0.281 e. The van der Waals surface area contributed by atoms with E-state index in [1.54, 1.807) is 8.61 Å². The van der Waals surface area contributed by atoms with Crippen molar-refractivity contribution in [3.05, 3.63) is 29.6 Å². The molecule has 0 radical (unpaired) electrons. The van der Waals surface area contributed by atoms with E-state index in [-0.39, 0.29) is 0 Å². The van der Waals surface area contributed by atoms with Crippen LogP contribution in [0.2, 0.25) is 0 Å². The Kier molecular flexibility index (Phi) is 4.79. The summed E-state index contributed by atoms with van der Waals surface area (Å²) in [6.45, 7) is 6.69. The topological polar surface area (TPSA) is 69.3 Å². The van der Waals surface area contributed by atoms with E-state index in [1.165, 1.54) is 5.56 Å². The summed E-state index contributed by atoms with van der Waals surface area (Å²) in [4.78, 5) is 8.17. The molecule has 2 aliphatic rings. The molecule has 1 unspecified atom stereocenters. The van der Waals surface area contributed by atoms with Crippen LogP contribution in [-0.4, -0.2) is 53.2 Å². The number of rotatable bonds is 3. The molecule has 1 aromatic heterocycles. The molecule has 1 atom stereocenters. The molecule has 0 saturated carbocycles. The summed E-state index contributed by atoms with van der Waals surface area (Å²) in [6, 6.07) is 6.23. The molecule has 1 aromatic carbocycles. The van der Waals surface area contributed by atoms with Gasteiger partial charge in [-0.2, -0.15) is 17.0 Å². The quantitative estimate of drug-likeness (QED) is 0.895. The van der Waals surface area contributed by atoms with Gasteiger partial charge in [0.1, 0.15) is 5.82 Å².